The number of methoxy groups -OCH3 is 1. The van der Waals surface area contributed by atoms with Crippen LogP contribution in [0.2, 0.25) is 0 Å². The zero-order chi connectivity index (χ0) is 16.1. The molecule has 2 unspecified atom stereocenters. The van der Waals surface area contributed by atoms with Gasteiger partial charge in [-0.25, -0.2) is 0 Å². The van der Waals surface area contributed by atoms with Crippen LogP contribution in [0.3, 0.4) is 0 Å². The van der Waals surface area contributed by atoms with Crippen molar-refractivity contribution in [2.75, 3.05) is 59.6 Å². The molecule has 5 heteroatoms. The summed E-state index contributed by atoms with van der Waals surface area (Å²) in [5, 5.41) is 3.50. The van der Waals surface area contributed by atoms with Crippen LogP contribution in [-0.4, -0.2) is 75.4 Å². The minimum absolute atomic E-state index is 0.403. The van der Waals surface area contributed by atoms with E-state index in [2.05, 4.69) is 40.2 Å². The lowest BCUT2D eigenvalue weighted by molar-refractivity contribution is 0.0137. The summed E-state index contributed by atoms with van der Waals surface area (Å²) >= 11 is 0. The Hall–Kier alpha value is -1.14. The van der Waals surface area contributed by atoms with Crippen LogP contribution in [0.4, 0.5) is 0 Å². The number of hydrogen-bond acceptors (Lipinski definition) is 5. The molecule has 0 saturated carbocycles. The molecule has 0 radical (unpaired) electrons. The second-order valence-corrected chi connectivity index (χ2v) is 6.50. The molecule has 3 rings (SSSR count). The van der Waals surface area contributed by atoms with Gasteiger partial charge in [-0.05, 0) is 24.6 Å². The van der Waals surface area contributed by atoms with Crippen LogP contribution in [0.5, 0.6) is 5.75 Å². The maximum absolute atomic E-state index is 5.50. The quantitative estimate of drug-likeness (QED) is 0.887. The molecule has 2 aliphatic rings. The molecule has 0 amide bonds. The van der Waals surface area contributed by atoms with Crippen LogP contribution in [0.25, 0.3) is 0 Å². The molecule has 5 nitrogen and oxygen atoms in total. The summed E-state index contributed by atoms with van der Waals surface area (Å²) in [6.45, 7) is 10.3. The van der Waals surface area contributed by atoms with Crippen molar-refractivity contribution in [2.45, 2.75) is 19.0 Å². The van der Waals surface area contributed by atoms with Gasteiger partial charge in [0.2, 0.25) is 0 Å². The van der Waals surface area contributed by atoms with Crippen molar-refractivity contribution in [3.8, 4) is 5.75 Å². The number of nitrogens with one attached hydrogen (secondary N) is 1. The van der Waals surface area contributed by atoms with Gasteiger partial charge >= 0.3 is 0 Å². The summed E-state index contributed by atoms with van der Waals surface area (Å²) in [5.74, 6) is 0.942. The van der Waals surface area contributed by atoms with Crippen LogP contribution >= 0.6 is 0 Å². The maximum atomic E-state index is 5.50. The van der Waals surface area contributed by atoms with E-state index in [0.717, 1.165) is 58.2 Å². The highest BCUT2D eigenvalue weighted by Gasteiger charge is 2.29. The van der Waals surface area contributed by atoms with Crippen molar-refractivity contribution in [3.05, 3.63) is 29.8 Å². The van der Waals surface area contributed by atoms with Crippen LogP contribution in [0.1, 0.15) is 18.5 Å². The lowest BCUT2D eigenvalue weighted by Gasteiger charge is -2.42. The molecule has 128 valence electrons. The fraction of sp³-hybridized carbons (Fsp3) is 0.667. The fourth-order valence-corrected chi connectivity index (χ4v) is 3.60. The Morgan fingerprint density at radius 2 is 2.13 bits per heavy atom. The van der Waals surface area contributed by atoms with E-state index in [4.69, 9.17) is 9.47 Å². The molecule has 0 spiro atoms. The largest absolute Gasteiger partial charge is 0.497 e. The van der Waals surface area contributed by atoms with Gasteiger partial charge in [0, 0.05) is 51.4 Å². The van der Waals surface area contributed by atoms with Gasteiger partial charge in [-0.2, -0.15) is 0 Å². The molecule has 0 aliphatic carbocycles. The van der Waals surface area contributed by atoms with Gasteiger partial charge in [0.1, 0.15) is 5.75 Å². The molecule has 2 fully saturated rings. The highest BCUT2D eigenvalue weighted by molar-refractivity contribution is 5.31. The molecule has 1 aromatic rings. The second-order valence-electron chi connectivity index (χ2n) is 6.50. The average molecular weight is 319 g/mol. The maximum Gasteiger partial charge on any atom is 0.119 e. The molecule has 1 N–H and O–H groups in total. The molecule has 23 heavy (non-hydrogen) atoms. The summed E-state index contributed by atoms with van der Waals surface area (Å²) in [7, 11) is 1.74. The van der Waals surface area contributed by atoms with Gasteiger partial charge in [0.25, 0.3) is 0 Å². The Morgan fingerprint density at radius 3 is 2.87 bits per heavy atom. The Labute approximate surface area is 139 Å². The van der Waals surface area contributed by atoms with E-state index >= 15 is 0 Å². The summed E-state index contributed by atoms with van der Waals surface area (Å²) in [6.07, 6.45) is 0. The summed E-state index contributed by atoms with van der Waals surface area (Å²) < 4.78 is 10.9. The van der Waals surface area contributed by atoms with Crippen molar-refractivity contribution in [1.29, 1.82) is 0 Å². The predicted octanol–water partition coefficient (Wildman–Crippen LogP) is 1.36. The number of ether oxygens (including phenoxy) is 2. The Balaban J connectivity index is 1.81. The number of rotatable bonds is 5. The van der Waals surface area contributed by atoms with E-state index in [1.165, 1.54) is 5.56 Å². The molecule has 2 aliphatic heterocycles. The third-order valence-corrected chi connectivity index (χ3v) is 4.97. The molecule has 2 heterocycles. The Morgan fingerprint density at radius 1 is 1.30 bits per heavy atom. The molecule has 1 aromatic carbocycles. The Bertz CT molecular complexity index is 491. The number of morpholine rings is 1. The zero-order valence-electron chi connectivity index (χ0n) is 14.3. The standard InChI is InChI=1S/C18H29N3O2/c1-15-13-19-6-7-21(15)18(14-20-8-10-23-11-9-20)16-4-3-5-17(12-16)22-2/h3-5,12,15,18-19H,6-11,13-14H2,1-2H3. The number of nitrogens with zero attached hydrogens (tertiary/aromatic N) is 2. The van der Waals surface area contributed by atoms with Crippen molar-refractivity contribution < 1.29 is 9.47 Å². The zero-order valence-corrected chi connectivity index (χ0v) is 14.3. The van der Waals surface area contributed by atoms with E-state index in [9.17, 15) is 0 Å². The lowest BCUT2D eigenvalue weighted by atomic mass is 10.0. The number of piperazine rings is 1. The molecular formula is C18H29N3O2. The first-order valence-corrected chi connectivity index (χ1v) is 8.68. The Kier molecular flexibility index (Phi) is 5.89. The first kappa shape index (κ1) is 16.7. The van der Waals surface area contributed by atoms with Crippen LogP contribution in [0.15, 0.2) is 24.3 Å². The summed E-state index contributed by atoms with van der Waals surface area (Å²) in [6, 6.07) is 9.51. The van der Waals surface area contributed by atoms with Crippen molar-refractivity contribution in [2.24, 2.45) is 0 Å². The average Bonchev–Trinajstić information content (AvgIpc) is 2.61. The van der Waals surface area contributed by atoms with Crippen LogP contribution < -0.4 is 10.1 Å². The molecule has 0 bridgehead atoms. The van der Waals surface area contributed by atoms with Crippen molar-refractivity contribution >= 4 is 0 Å². The molecule has 2 saturated heterocycles. The molecule has 0 aromatic heterocycles. The van der Waals surface area contributed by atoms with E-state index < -0.39 is 0 Å². The normalized spacial score (nSPS) is 25.2. The third-order valence-electron chi connectivity index (χ3n) is 4.97. The van der Waals surface area contributed by atoms with E-state index in [-0.39, 0.29) is 0 Å². The minimum atomic E-state index is 0.403. The van der Waals surface area contributed by atoms with Gasteiger partial charge in [-0.1, -0.05) is 12.1 Å². The topological polar surface area (TPSA) is 37.0 Å². The van der Waals surface area contributed by atoms with Gasteiger partial charge in [-0.3, -0.25) is 9.80 Å². The van der Waals surface area contributed by atoms with Gasteiger partial charge in [0.15, 0.2) is 0 Å². The first-order chi connectivity index (χ1) is 11.3. The lowest BCUT2D eigenvalue weighted by Crippen LogP contribution is -2.53. The molecular weight excluding hydrogens is 290 g/mol. The van der Waals surface area contributed by atoms with Crippen molar-refractivity contribution in [1.82, 2.24) is 15.1 Å². The van der Waals surface area contributed by atoms with E-state index in [0.29, 0.717) is 12.1 Å². The minimum Gasteiger partial charge on any atom is -0.497 e. The molecule has 2 atom stereocenters. The van der Waals surface area contributed by atoms with Crippen LogP contribution in [0, 0.1) is 0 Å². The SMILES string of the molecule is COc1cccc(C(CN2CCOCC2)N2CCNCC2C)c1. The fourth-order valence-electron chi connectivity index (χ4n) is 3.60. The number of hydrogen-bond donors (Lipinski definition) is 1. The third kappa shape index (κ3) is 4.23. The van der Waals surface area contributed by atoms with Gasteiger partial charge < -0.3 is 14.8 Å². The first-order valence-electron chi connectivity index (χ1n) is 8.68. The summed E-state index contributed by atoms with van der Waals surface area (Å²) in [5.41, 5.74) is 1.35. The summed E-state index contributed by atoms with van der Waals surface area (Å²) in [4.78, 5) is 5.17. The van der Waals surface area contributed by atoms with E-state index in [1.54, 1.807) is 7.11 Å². The van der Waals surface area contributed by atoms with Crippen LogP contribution in [-0.2, 0) is 4.74 Å². The van der Waals surface area contributed by atoms with E-state index in [1.807, 2.05) is 6.07 Å². The smallest absolute Gasteiger partial charge is 0.119 e. The highest BCUT2D eigenvalue weighted by Crippen LogP contribution is 2.28. The van der Waals surface area contributed by atoms with Crippen molar-refractivity contribution in [3.63, 3.8) is 0 Å². The van der Waals surface area contributed by atoms with Gasteiger partial charge in [-0.15, -0.1) is 0 Å². The monoisotopic (exact) mass is 319 g/mol. The highest BCUT2D eigenvalue weighted by atomic mass is 16.5. The number of benzene rings is 1. The van der Waals surface area contributed by atoms with Gasteiger partial charge in [0.05, 0.1) is 20.3 Å². The second kappa shape index (κ2) is 8.11. The predicted molar refractivity (Wildman–Crippen MR) is 92.0 cm³/mol.